The Balaban J connectivity index is 2.44. The van der Waals surface area contributed by atoms with Crippen LogP contribution >= 0.6 is 0 Å². The number of esters is 1. The number of allylic oxidation sites excluding steroid dienone is 3. The second-order valence-electron chi connectivity index (χ2n) is 7.62. The van der Waals surface area contributed by atoms with Crippen LogP contribution in [-0.4, -0.2) is 18.7 Å². The van der Waals surface area contributed by atoms with Gasteiger partial charge in [-0.3, -0.25) is 4.79 Å². The van der Waals surface area contributed by atoms with Crippen LogP contribution in [0.4, 0.5) is 0 Å². The minimum absolute atomic E-state index is 0.107. The first kappa shape index (κ1) is 23.3. The normalized spacial score (nSPS) is 11.5. The van der Waals surface area contributed by atoms with Gasteiger partial charge >= 0.3 is 11.6 Å². The van der Waals surface area contributed by atoms with Crippen molar-refractivity contribution in [3.8, 4) is 17.2 Å². The van der Waals surface area contributed by atoms with Gasteiger partial charge in [0.1, 0.15) is 23.3 Å². The van der Waals surface area contributed by atoms with Crippen LogP contribution in [0.1, 0.15) is 54.4 Å². The van der Waals surface area contributed by atoms with Crippen molar-refractivity contribution >= 4 is 16.9 Å². The van der Waals surface area contributed by atoms with Gasteiger partial charge in [-0.2, -0.15) is 0 Å². The summed E-state index contributed by atoms with van der Waals surface area (Å²) in [6.07, 6.45) is 5.88. The molecule has 0 aliphatic heterocycles. The molecule has 1 aromatic carbocycles. The molecule has 6 heteroatoms. The summed E-state index contributed by atoms with van der Waals surface area (Å²) in [4.78, 5) is 24.0. The Morgan fingerprint density at radius 2 is 1.83 bits per heavy atom. The van der Waals surface area contributed by atoms with Crippen molar-refractivity contribution in [1.29, 1.82) is 0 Å². The predicted octanol–water partition coefficient (Wildman–Crippen LogP) is 5.58. The third-order valence-electron chi connectivity index (χ3n) is 4.17. The molecule has 2 rings (SSSR count). The lowest BCUT2D eigenvalue weighted by Crippen LogP contribution is -2.14. The summed E-state index contributed by atoms with van der Waals surface area (Å²) >= 11 is 0. The van der Waals surface area contributed by atoms with E-state index in [1.807, 2.05) is 26.8 Å². The van der Waals surface area contributed by atoms with E-state index in [4.69, 9.17) is 18.6 Å². The number of ether oxygens (including phenoxy) is 3. The van der Waals surface area contributed by atoms with Crippen molar-refractivity contribution in [3.63, 3.8) is 0 Å². The Bertz CT molecular complexity index is 1010. The minimum Gasteiger partial charge on any atom is -0.490 e. The van der Waals surface area contributed by atoms with Gasteiger partial charge in [0.2, 0.25) is 0 Å². The van der Waals surface area contributed by atoms with Crippen LogP contribution in [0, 0.1) is 0 Å². The Kier molecular flexibility index (Phi) is 8.27. The van der Waals surface area contributed by atoms with E-state index >= 15 is 0 Å². The van der Waals surface area contributed by atoms with Crippen molar-refractivity contribution in [1.82, 2.24) is 0 Å². The number of rotatable bonds is 9. The van der Waals surface area contributed by atoms with E-state index in [9.17, 15) is 9.59 Å². The Hall–Kier alpha value is -3.02. The van der Waals surface area contributed by atoms with E-state index in [0.29, 0.717) is 16.7 Å². The first-order valence-electron chi connectivity index (χ1n) is 10.1. The first-order chi connectivity index (χ1) is 14.2. The number of hydrogen-bond donors (Lipinski definition) is 0. The second kappa shape index (κ2) is 10.7. The number of carbonyl (C=O) groups is 1. The van der Waals surface area contributed by atoms with E-state index in [1.165, 1.54) is 12.5 Å². The zero-order valence-electron chi connectivity index (χ0n) is 18.5. The van der Waals surface area contributed by atoms with Crippen LogP contribution in [0.25, 0.3) is 11.0 Å². The molecule has 0 aliphatic carbocycles. The smallest absolute Gasteiger partial charge is 0.383 e. The monoisotopic (exact) mass is 414 g/mol. The molecular weight excluding hydrogens is 384 g/mol. The SMILES string of the molecule is CC(=O)Oc1c(OC/C=C(\C)CCC=C(C)C)c2c(OC(C)C)cccc2oc1=O. The fraction of sp³-hybridized carbons (Fsp3) is 0.417. The molecule has 0 saturated carbocycles. The summed E-state index contributed by atoms with van der Waals surface area (Å²) in [7, 11) is 0. The van der Waals surface area contributed by atoms with Crippen molar-refractivity contribution in [2.24, 2.45) is 0 Å². The molecule has 0 radical (unpaired) electrons. The maximum Gasteiger partial charge on any atom is 0.383 e. The second-order valence-corrected chi connectivity index (χ2v) is 7.62. The summed E-state index contributed by atoms with van der Waals surface area (Å²) in [5, 5.41) is 0.456. The fourth-order valence-electron chi connectivity index (χ4n) is 2.85. The van der Waals surface area contributed by atoms with Gasteiger partial charge in [-0.1, -0.05) is 23.3 Å². The first-order valence-corrected chi connectivity index (χ1v) is 10.1. The molecule has 0 unspecified atom stereocenters. The summed E-state index contributed by atoms with van der Waals surface area (Å²) < 4.78 is 22.3. The van der Waals surface area contributed by atoms with Crippen molar-refractivity contribution in [3.05, 3.63) is 51.9 Å². The summed E-state index contributed by atoms with van der Waals surface area (Å²) in [6.45, 7) is 11.4. The lowest BCUT2D eigenvalue weighted by Gasteiger charge is -2.16. The molecule has 0 bridgehead atoms. The zero-order chi connectivity index (χ0) is 22.3. The Morgan fingerprint density at radius 3 is 2.47 bits per heavy atom. The average Bonchev–Trinajstić information content (AvgIpc) is 2.63. The van der Waals surface area contributed by atoms with Crippen LogP contribution in [0.2, 0.25) is 0 Å². The number of carbonyl (C=O) groups excluding carboxylic acids is 1. The van der Waals surface area contributed by atoms with Crippen LogP contribution in [0.15, 0.2) is 50.7 Å². The quantitative estimate of drug-likeness (QED) is 0.303. The molecule has 0 atom stereocenters. The molecule has 2 aromatic rings. The van der Waals surface area contributed by atoms with Gasteiger partial charge in [-0.05, 0) is 65.7 Å². The molecule has 6 nitrogen and oxygen atoms in total. The highest BCUT2D eigenvalue weighted by molar-refractivity contribution is 5.92. The predicted molar refractivity (Wildman–Crippen MR) is 117 cm³/mol. The summed E-state index contributed by atoms with van der Waals surface area (Å²) in [5.41, 5.74) is 1.96. The van der Waals surface area contributed by atoms with Crippen LogP contribution in [-0.2, 0) is 4.79 Å². The number of hydrogen-bond acceptors (Lipinski definition) is 6. The summed E-state index contributed by atoms with van der Waals surface area (Å²) in [5.74, 6) is -0.285. The molecule has 1 aromatic heterocycles. The topological polar surface area (TPSA) is 75.0 Å². The molecule has 1 heterocycles. The number of fused-ring (bicyclic) bond motifs is 1. The summed E-state index contributed by atoms with van der Waals surface area (Å²) in [6, 6.07) is 5.13. The van der Waals surface area contributed by atoms with Gasteiger partial charge in [-0.15, -0.1) is 0 Å². The maximum atomic E-state index is 12.4. The fourth-order valence-corrected chi connectivity index (χ4v) is 2.85. The lowest BCUT2D eigenvalue weighted by molar-refractivity contribution is -0.132. The largest absolute Gasteiger partial charge is 0.490 e. The van der Waals surface area contributed by atoms with E-state index in [0.717, 1.165) is 18.4 Å². The average molecular weight is 414 g/mol. The van der Waals surface area contributed by atoms with E-state index in [1.54, 1.807) is 18.2 Å². The van der Waals surface area contributed by atoms with E-state index in [2.05, 4.69) is 19.9 Å². The highest BCUT2D eigenvalue weighted by Crippen LogP contribution is 2.39. The lowest BCUT2D eigenvalue weighted by atomic mass is 10.1. The highest BCUT2D eigenvalue weighted by atomic mass is 16.6. The Labute approximate surface area is 177 Å². The molecule has 30 heavy (non-hydrogen) atoms. The van der Waals surface area contributed by atoms with Gasteiger partial charge in [-0.25, -0.2) is 4.79 Å². The highest BCUT2D eigenvalue weighted by Gasteiger charge is 2.22. The van der Waals surface area contributed by atoms with Gasteiger partial charge in [0.05, 0.1) is 6.10 Å². The van der Waals surface area contributed by atoms with Gasteiger partial charge in [0.25, 0.3) is 5.75 Å². The minimum atomic E-state index is -0.779. The van der Waals surface area contributed by atoms with Crippen LogP contribution in [0.5, 0.6) is 17.2 Å². The zero-order valence-corrected chi connectivity index (χ0v) is 18.5. The molecule has 0 amide bonds. The van der Waals surface area contributed by atoms with Crippen LogP contribution < -0.4 is 19.8 Å². The molecule has 0 aliphatic rings. The third-order valence-corrected chi connectivity index (χ3v) is 4.17. The van der Waals surface area contributed by atoms with Gasteiger partial charge in [0.15, 0.2) is 5.75 Å². The Morgan fingerprint density at radius 1 is 1.10 bits per heavy atom. The van der Waals surface area contributed by atoms with E-state index in [-0.39, 0.29) is 24.2 Å². The molecule has 0 spiro atoms. The molecule has 0 fully saturated rings. The molecular formula is C24H30O6. The third kappa shape index (κ3) is 6.51. The van der Waals surface area contributed by atoms with Crippen LogP contribution in [0.3, 0.4) is 0 Å². The maximum absolute atomic E-state index is 12.4. The standard InChI is InChI=1S/C24H30O6/c1-15(2)9-7-10-17(5)13-14-27-22-21-19(28-16(3)4)11-8-12-20(21)30-24(26)23(22)29-18(6)25/h8-9,11-13,16H,7,10,14H2,1-6H3/b17-13+. The molecule has 162 valence electrons. The van der Waals surface area contributed by atoms with Gasteiger partial charge < -0.3 is 18.6 Å². The number of benzene rings is 1. The van der Waals surface area contributed by atoms with Crippen molar-refractivity contribution in [2.45, 2.75) is 60.5 Å². The van der Waals surface area contributed by atoms with Gasteiger partial charge in [0, 0.05) is 6.92 Å². The molecule has 0 saturated heterocycles. The van der Waals surface area contributed by atoms with Crippen molar-refractivity contribution < 1.29 is 23.4 Å². The van der Waals surface area contributed by atoms with E-state index < -0.39 is 11.6 Å². The molecule has 0 N–H and O–H groups in total. The van der Waals surface area contributed by atoms with Crippen molar-refractivity contribution in [2.75, 3.05) is 6.61 Å².